The summed E-state index contributed by atoms with van der Waals surface area (Å²) in [5.74, 6) is 0. The van der Waals surface area contributed by atoms with E-state index in [0.29, 0.717) is 0 Å². The minimum Gasteiger partial charge on any atom is -0.295 e. The Morgan fingerprint density at radius 3 is 0.953 bits per heavy atom. The van der Waals surface area contributed by atoms with Crippen LogP contribution in [0, 0.1) is 65.8 Å². The fourth-order valence-electron chi connectivity index (χ4n) is 2.55. The van der Waals surface area contributed by atoms with Crippen LogP contribution in [0.5, 0.6) is 0 Å². The second kappa shape index (κ2) is 33.5. The predicted molar refractivity (Wildman–Crippen MR) is 124 cm³/mol. The second-order valence-electron chi connectivity index (χ2n) is 6.84. The van der Waals surface area contributed by atoms with Crippen molar-refractivity contribution in [3.05, 3.63) is 60.2 Å². The summed E-state index contributed by atoms with van der Waals surface area (Å²) in [6, 6.07) is 19.2. The van der Waals surface area contributed by atoms with Crippen LogP contribution in [0.15, 0.2) is 48.8 Å². The normalized spacial score (nSPS) is 11.5. The van der Waals surface area contributed by atoms with Crippen LogP contribution in [-0.4, -0.2) is 45.9 Å². The van der Waals surface area contributed by atoms with Gasteiger partial charge in [0.25, 0.3) is 0 Å². The summed E-state index contributed by atoms with van der Waals surface area (Å²) >= 11 is 0. The average molecular weight is 686 g/mol. The first-order chi connectivity index (χ1) is 19.6. The Morgan fingerprint density at radius 2 is 0.791 bits per heavy atom. The fraction of sp³-hybridized carbons (Fsp3) is 0.417. The third-order valence-electron chi connectivity index (χ3n) is 3.69. The minimum atomic E-state index is -4.94. The molecule has 236 valence electrons. The summed E-state index contributed by atoms with van der Waals surface area (Å²) in [7, 11) is -9.89. The molecule has 0 spiro atoms. The number of nitriles is 4. The maximum absolute atomic E-state index is 8.49. The molecule has 43 heavy (non-hydrogen) atoms. The molecular formula is C24H32Cl2MnN8O8+. The molecule has 1 aliphatic rings. The molecule has 0 radical (unpaired) electrons. The van der Waals surface area contributed by atoms with Gasteiger partial charge in [-0.1, -0.05) is 12.1 Å². The topological polar surface area (TPSA) is 312 Å². The molecule has 0 aromatic carbocycles. The molecule has 3 rings (SSSR count). The molecule has 2 aromatic rings. The molecule has 0 amide bonds. The monoisotopic (exact) mass is 685 g/mol. The predicted octanol–water partition coefficient (Wildman–Crippen LogP) is -5.60. The zero-order valence-corrected chi connectivity index (χ0v) is 26.5. The van der Waals surface area contributed by atoms with Crippen molar-refractivity contribution < 1.29 is 74.8 Å². The van der Waals surface area contributed by atoms with Gasteiger partial charge in [-0.2, -0.15) is 21.0 Å². The molecule has 0 N–H and O–H groups in total. The van der Waals surface area contributed by atoms with Crippen molar-refractivity contribution in [1.29, 1.82) is 21.0 Å². The summed E-state index contributed by atoms with van der Waals surface area (Å²) in [5, 5.41) is 29.3. The molecule has 0 bridgehead atoms. The molecule has 16 nitrogen and oxygen atoms in total. The Kier molecular flexibility index (Phi) is 38.6. The van der Waals surface area contributed by atoms with Crippen LogP contribution in [0.25, 0.3) is 0 Å². The number of pyridine rings is 2. The van der Waals surface area contributed by atoms with Gasteiger partial charge in [0, 0.05) is 79.4 Å². The number of hydrogen-bond acceptors (Lipinski definition) is 16. The SMILES string of the molecule is CC#N.CC#N.CC#N.CC#N.[Mn+3].[O-][Cl+3]([O-])([O-])[O-].[O-][Cl+3]([O-])([O-])[O-].c1ccc(CN2CCN(Cc3ccccn3)CC2)nc1. The number of aromatic nitrogens is 2. The first-order valence-electron chi connectivity index (χ1n) is 11.3. The van der Waals surface area contributed by atoms with Crippen LogP contribution in [0.2, 0.25) is 0 Å². The van der Waals surface area contributed by atoms with Crippen molar-refractivity contribution in [2.45, 2.75) is 40.8 Å². The van der Waals surface area contributed by atoms with Gasteiger partial charge in [-0.05, 0) is 24.3 Å². The first-order valence-corrected chi connectivity index (χ1v) is 13.7. The van der Waals surface area contributed by atoms with Gasteiger partial charge in [0.05, 0.1) is 35.7 Å². The van der Waals surface area contributed by atoms with Gasteiger partial charge in [-0.25, -0.2) is 37.3 Å². The summed E-state index contributed by atoms with van der Waals surface area (Å²) in [4.78, 5) is 13.7. The third kappa shape index (κ3) is 55.5. The molecule has 1 fully saturated rings. The maximum atomic E-state index is 8.49. The average Bonchev–Trinajstić information content (AvgIpc) is 2.87. The summed E-state index contributed by atoms with van der Waals surface area (Å²) < 4.78 is 67.9. The van der Waals surface area contributed by atoms with E-state index in [1.807, 2.05) is 24.5 Å². The van der Waals surface area contributed by atoms with E-state index in [-0.39, 0.29) is 17.1 Å². The van der Waals surface area contributed by atoms with Gasteiger partial charge < -0.3 is 0 Å². The largest absolute Gasteiger partial charge is 3.00 e. The molecule has 0 atom stereocenters. The summed E-state index contributed by atoms with van der Waals surface area (Å²) in [5.41, 5.74) is 2.32. The molecule has 0 unspecified atom stereocenters. The zero-order valence-electron chi connectivity index (χ0n) is 23.8. The molecule has 1 aliphatic heterocycles. The molecule has 0 saturated carbocycles. The van der Waals surface area contributed by atoms with Gasteiger partial charge in [0.15, 0.2) is 0 Å². The number of rotatable bonds is 4. The smallest absolute Gasteiger partial charge is 0.295 e. The molecule has 1 saturated heterocycles. The second-order valence-corrected chi connectivity index (χ2v) is 8.36. The third-order valence-corrected chi connectivity index (χ3v) is 3.69. The van der Waals surface area contributed by atoms with Gasteiger partial charge in [-0.3, -0.25) is 19.8 Å². The number of halogens is 2. The molecule has 0 aliphatic carbocycles. The van der Waals surface area contributed by atoms with Gasteiger partial charge in [0.2, 0.25) is 0 Å². The van der Waals surface area contributed by atoms with E-state index in [1.165, 1.54) is 27.7 Å². The molecule has 19 heteroatoms. The van der Waals surface area contributed by atoms with Gasteiger partial charge in [0.1, 0.15) is 0 Å². The van der Waals surface area contributed by atoms with Crippen LogP contribution in [0.4, 0.5) is 0 Å². The van der Waals surface area contributed by atoms with Crippen LogP contribution in [-0.2, 0) is 30.2 Å². The number of piperazine rings is 1. The van der Waals surface area contributed by atoms with Crippen molar-refractivity contribution in [2.75, 3.05) is 26.2 Å². The first kappa shape index (κ1) is 49.6. The van der Waals surface area contributed by atoms with E-state index in [0.717, 1.165) is 50.7 Å². The van der Waals surface area contributed by atoms with E-state index in [9.17, 15) is 0 Å². The van der Waals surface area contributed by atoms with Gasteiger partial charge in [-0.15, -0.1) is 20.5 Å². The minimum absolute atomic E-state index is 0. The van der Waals surface area contributed by atoms with Crippen molar-refractivity contribution in [2.24, 2.45) is 0 Å². The van der Waals surface area contributed by atoms with E-state index < -0.39 is 20.5 Å². The maximum Gasteiger partial charge on any atom is 3.00 e. The van der Waals surface area contributed by atoms with E-state index in [4.69, 9.17) is 58.3 Å². The number of hydrogen-bond donors (Lipinski definition) is 0. The Balaban J connectivity index is -0.000000173. The molecule has 2 aromatic heterocycles. The fourth-order valence-corrected chi connectivity index (χ4v) is 2.55. The molecular weight excluding hydrogens is 654 g/mol. The quantitative estimate of drug-likeness (QED) is 0.271. The van der Waals surface area contributed by atoms with Crippen molar-refractivity contribution >= 4 is 0 Å². The van der Waals surface area contributed by atoms with Crippen molar-refractivity contribution in [3.63, 3.8) is 0 Å². The van der Waals surface area contributed by atoms with Crippen LogP contribution < -0.4 is 37.3 Å². The van der Waals surface area contributed by atoms with Crippen LogP contribution >= 0.6 is 0 Å². The van der Waals surface area contributed by atoms with E-state index in [1.54, 1.807) is 24.3 Å². The Morgan fingerprint density at radius 1 is 0.581 bits per heavy atom. The van der Waals surface area contributed by atoms with Crippen molar-refractivity contribution in [3.8, 4) is 24.3 Å². The Labute approximate surface area is 266 Å². The number of nitrogens with zero attached hydrogens (tertiary/aromatic N) is 8. The van der Waals surface area contributed by atoms with E-state index in [2.05, 4.69) is 44.0 Å². The molecule has 3 heterocycles. The van der Waals surface area contributed by atoms with Gasteiger partial charge >= 0.3 is 17.1 Å². The van der Waals surface area contributed by atoms with Crippen molar-refractivity contribution in [1.82, 2.24) is 19.8 Å². The van der Waals surface area contributed by atoms with Crippen LogP contribution in [0.1, 0.15) is 39.1 Å². The van der Waals surface area contributed by atoms with Crippen LogP contribution in [0.3, 0.4) is 0 Å². The standard InChI is InChI=1S/C16H20N4.4C2H3N.2ClHO4.Mn/c1-3-7-17-15(5-1)13-19-9-11-20(12-10-19)14-16-6-2-4-8-18-16;4*1-2-3;2*2-1(3,4)5;/h1-8H,9-14H2;4*1H3;2*(H,2,3,4,5);/q;;;;;;;+3/p-2. The Bertz CT molecular complexity index is 927. The Hall–Kier alpha value is -3.04. The summed E-state index contributed by atoms with van der Waals surface area (Å²) in [6.07, 6.45) is 3.74. The van der Waals surface area contributed by atoms with E-state index >= 15 is 0 Å². The summed E-state index contributed by atoms with van der Waals surface area (Å²) in [6.45, 7) is 12.0. The zero-order chi connectivity index (χ0) is 33.5.